The summed E-state index contributed by atoms with van der Waals surface area (Å²) >= 11 is 0. The zero-order valence-corrected chi connectivity index (χ0v) is 12.7. The number of allylic oxidation sites excluding steroid dienone is 2. The van der Waals surface area contributed by atoms with E-state index in [0.29, 0.717) is 0 Å². The summed E-state index contributed by atoms with van der Waals surface area (Å²) < 4.78 is 55.6. The summed E-state index contributed by atoms with van der Waals surface area (Å²) in [7, 11) is -10.2. The van der Waals surface area contributed by atoms with Crippen LogP contribution in [0.4, 0.5) is 0 Å². The molecule has 0 unspecified atom stereocenters. The minimum absolute atomic E-state index is 0.129. The van der Waals surface area contributed by atoms with E-state index in [9.17, 15) is 21.6 Å². The first-order valence-electron chi connectivity index (χ1n) is 5.35. The summed E-state index contributed by atoms with van der Waals surface area (Å²) in [6, 6.07) is 0. The first-order valence-corrected chi connectivity index (χ1v) is 8.08. The van der Waals surface area contributed by atoms with Crippen molar-refractivity contribution in [2.75, 3.05) is 13.1 Å². The molecule has 1 heterocycles. The molecule has 0 aliphatic carbocycles. The number of carbonyl (C=O) groups is 1. The highest BCUT2D eigenvalue weighted by molar-refractivity contribution is 7.94. The van der Waals surface area contributed by atoms with Gasteiger partial charge in [0.2, 0.25) is 0 Å². The third kappa shape index (κ3) is 10.9. The monoisotopic (exact) mass is 341 g/mol. The van der Waals surface area contributed by atoms with Crippen LogP contribution in [-0.2, 0) is 29.2 Å². The van der Waals surface area contributed by atoms with Gasteiger partial charge in [-0.3, -0.25) is 13.9 Å². The van der Waals surface area contributed by atoms with E-state index in [1.165, 1.54) is 0 Å². The van der Waals surface area contributed by atoms with E-state index < -0.39 is 20.8 Å². The summed E-state index contributed by atoms with van der Waals surface area (Å²) in [6.07, 6.45) is 7.55. The van der Waals surface area contributed by atoms with Gasteiger partial charge in [0, 0.05) is 24.9 Å². The molecule has 0 saturated heterocycles. The Morgan fingerprint density at radius 3 is 2.14 bits per heavy atom. The Balaban J connectivity index is 0.000000400. The van der Waals surface area contributed by atoms with Crippen molar-refractivity contribution in [3.05, 3.63) is 36.6 Å². The van der Waals surface area contributed by atoms with Crippen molar-refractivity contribution in [2.45, 2.75) is 6.92 Å². The van der Waals surface area contributed by atoms with E-state index in [1.54, 1.807) is 6.92 Å². The minimum Gasteiger partial charge on any atom is -0.370 e. The maximum atomic E-state index is 10.9. The van der Waals surface area contributed by atoms with Gasteiger partial charge in [0.15, 0.2) is 5.78 Å². The van der Waals surface area contributed by atoms with Crippen molar-refractivity contribution in [1.29, 1.82) is 0 Å². The van der Waals surface area contributed by atoms with Crippen LogP contribution in [0.1, 0.15) is 6.92 Å². The van der Waals surface area contributed by atoms with Crippen molar-refractivity contribution in [1.82, 2.24) is 4.90 Å². The first kappa shape index (κ1) is 19.5. The lowest BCUT2D eigenvalue weighted by molar-refractivity contribution is -0.113. The molecule has 1 aliphatic heterocycles. The van der Waals surface area contributed by atoms with Gasteiger partial charge in [0.25, 0.3) is 0 Å². The zero-order chi connectivity index (χ0) is 16.7. The number of hydrogen-bond acceptors (Lipinski definition) is 7. The fraction of sp³-hybridized carbons (Fsp3) is 0.300. The second kappa shape index (κ2) is 8.05. The fourth-order valence-corrected chi connectivity index (χ4v) is 2.07. The molecule has 120 valence electrons. The Bertz CT molecular complexity index is 615. The van der Waals surface area contributed by atoms with Crippen molar-refractivity contribution in [3.63, 3.8) is 0 Å². The van der Waals surface area contributed by atoms with Crippen LogP contribution in [0.5, 0.6) is 0 Å². The predicted octanol–water partition coefficient (Wildman–Crippen LogP) is 0.126. The van der Waals surface area contributed by atoms with Crippen LogP contribution in [0.3, 0.4) is 0 Å². The molecule has 0 fully saturated rings. The lowest BCUT2D eigenvalue weighted by Crippen LogP contribution is -2.20. The second-order valence-electron chi connectivity index (χ2n) is 3.70. The number of nitrogens with zero attached hydrogens (tertiary/aromatic N) is 1. The van der Waals surface area contributed by atoms with Gasteiger partial charge < -0.3 is 4.90 Å². The summed E-state index contributed by atoms with van der Waals surface area (Å²) in [4.78, 5) is 13.0. The third-order valence-corrected chi connectivity index (χ3v) is 3.33. The molecule has 0 amide bonds. The van der Waals surface area contributed by atoms with Crippen molar-refractivity contribution >= 4 is 26.6 Å². The van der Waals surface area contributed by atoms with Gasteiger partial charge in [-0.25, -0.2) is 0 Å². The molecule has 0 atom stereocenters. The average molecular weight is 341 g/mol. The Labute approximate surface area is 123 Å². The summed E-state index contributed by atoms with van der Waals surface area (Å²) in [5, 5.41) is 0. The van der Waals surface area contributed by atoms with Crippen LogP contribution in [0, 0.1) is 0 Å². The van der Waals surface area contributed by atoms with Crippen molar-refractivity contribution in [3.8, 4) is 0 Å². The normalized spacial score (nSPS) is 14.8. The topological polar surface area (TPSA) is 138 Å². The average Bonchev–Trinajstić information content (AvgIpc) is 2.26. The predicted molar refractivity (Wildman–Crippen MR) is 73.9 cm³/mol. The van der Waals surface area contributed by atoms with Crippen molar-refractivity contribution in [2.24, 2.45) is 0 Å². The van der Waals surface area contributed by atoms with Crippen LogP contribution in [-0.4, -0.2) is 49.7 Å². The quantitative estimate of drug-likeness (QED) is 0.527. The van der Waals surface area contributed by atoms with E-state index >= 15 is 0 Å². The SMILES string of the molecule is C=CCN1C=CC(C(C)=O)=CC1.O=S(=O)(O)OS(=O)(=O)O. The number of hydrogen-bond donors (Lipinski definition) is 2. The Morgan fingerprint density at radius 2 is 1.90 bits per heavy atom. The highest BCUT2D eigenvalue weighted by Crippen LogP contribution is 2.07. The molecular weight excluding hydrogens is 326 g/mol. The third-order valence-electron chi connectivity index (χ3n) is 1.95. The molecule has 1 rings (SSSR count). The molecule has 21 heavy (non-hydrogen) atoms. The van der Waals surface area contributed by atoms with E-state index in [0.717, 1.165) is 18.7 Å². The second-order valence-corrected chi connectivity index (χ2v) is 5.95. The highest BCUT2D eigenvalue weighted by Gasteiger charge is 2.15. The van der Waals surface area contributed by atoms with Crippen LogP contribution < -0.4 is 0 Å². The molecular formula is C10H15NO8S2. The minimum atomic E-state index is -5.12. The van der Waals surface area contributed by atoms with E-state index in [2.05, 4.69) is 15.1 Å². The Hall–Kier alpha value is -1.53. The highest BCUT2D eigenvalue weighted by atomic mass is 32.3. The lowest BCUT2D eigenvalue weighted by Gasteiger charge is -2.19. The van der Waals surface area contributed by atoms with Gasteiger partial charge in [-0.15, -0.1) is 10.2 Å². The molecule has 9 nitrogen and oxygen atoms in total. The number of rotatable bonds is 5. The van der Waals surface area contributed by atoms with E-state index in [-0.39, 0.29) is 5.78 Å². The van der Waals surface area contributed by atoms with Gasteiger partial charge in [0.05, 0.1) is 0 Å². The zero-order valence-electron chi connectivity index (χ0n) is 11.0. The Kier molecular flexibility index (Phi) is 7.46. The number of Topliss-reactive ketones (excluding diaryl/α,β-unsaturated/α-hetero) is 1. The molecule has 0 bridgehead atoms. The summed E-state index contributed by atoms with van der Waals surface area (Å²) in [5.74, 6) is 0.129. The maximum absolute atomic E-state index is 10.9. The van der Waals surface area contributed by atoms with Gasteiger partial charge in [-0.05, 0) is 13.0 Å². The van der Waals surface area contributed by atoms with Gasteiger partial charge in [-0.1, -0.05) is 12.2 Å². The molecule has 0 aromatic rings. The van der Waals surface area contributed by atoms with Gasteiger partial charge in [0.1, 0.15) is 0 Å². The van der Waals surface area contributed by atoms with Crippen LogP contribution >= 0.6 is 0 Å². The molecule has 0 spiro atoms. The van der Waals surface area contributed by atoms with Gasteiger partial charge in [-0.2, -0.15) is 16.8 Å². The van der Waals surface area contributed by atoms with Gasteiger partial charge >= 0.3 is 20.8 Å². The van der Waals surface area contributed by atoms with E-state index in [1.807, 2.05) is 24.4 Å². The molecule has 0 saturated carbocycles. The molecule has 0 radical (unpaired) electrons. The molecule has 0 aromatic heterocycles. The summed E-state index contributed by atoms with van der Waals surface area (Å²) in [5.41, 5.74) is 0.801. The van der Waals surface area contributed by atoms with Crippen molar-refractivity contribution < 1.29 is 34.4 Å². The molecule has 0 aromatic carbocycles. The molecule has 1 aliphatic rings. The first-order chi connectivity index (χ1) is 9.44. The smallest absolute Gasteiger partial charge is 0.370 e. The maximum Gasteiger partial charge on any atom is 0.413 e. The number of ketones is 1. The largest absolute Gasteiger partial charge is 0.413 e. The molecule has 11 heteroatoms. The Morgan fingerprint density at radius 1 is 1.38 bits per heavy atom. The number of carbonyl (C=O) groups excluding carboxylic acids is 1. The van der Waals surface area contributed by atoms with Crippen LogP contribution in [0.2, 0.25) is 0 Å². The summed E-state index contributed by atoms with van der Waals surface area (Å²) in [6.45, 7) is 6.86. The standard InChI is InChI=1S/C10H13NO.H2O7S2/c1-3-6-11-7-4-10(5-8-11)9(2)12;1-8(2,3)7-9(4,5)6/h3-5,7H,1,6,8H2,2H3;(H,1,2,3)(H,4,5,6). The lowest BCUT2D eigenvalue weighted by atomic mass is 10.1. The fourth-order valence-electron chi connectivity index (χ4n) is 1.20. The van der Waals surface area contributed by atoms with Crippen LogP contribution in [0.25, 0.3) is 0 Å². The van der Waals surface area contributed by atoms with Crippen LogP contribution in [0.15, 0.2) is 36.6 Å². The molecule has 2 N–H and O–H groups in total. The van der Waals surface area contributed by atoms with E-state index in [4.69, 9.17) is 9.11 Å².